The summed E-state index contributed by atoms with van der Waals surface area (Å²) in [6.07, 6.45) is 5.32. The fraction of sp³-hybridized carbons (Fsp3) is 0.571. The molecule has 0 heterocycles. The molecule has 2 rings (SSSR count). The Bertz CT molecular complexity index is 468. The minimum atomic E-state index is -0.368. The van der Waals surface area contributed by atoms with Crippen molar-refractivity contribution < 1.29 is 9.66 Å². The predicted molar refractivity (Wildman–Crippen MR) is 73.3 cm³/mol. The number of nitro groups is 1. The maximum atomic E-state index is 10.9. The Balaban J connectivity index is 2.31. The quantitative estimate of drug-likeness (QED) is 0.655. The van der Waals surface area contributed by atoms with Gasteiger partial charge in [0.2, 0.25) is 0 Å². The Morgan fingerprint density at radius 3 is 2.63 bits per heavy atom. The molecule has 0 atom stereocenters. The van der Waals surface area contributed by atoms with Crippen LogP contribution in [-0.4, -0.2) is 18.6 Å². The maximum Gasteiger partial charge on any atom is 0.269 e. The summed E-state index contributed by atoms with van der Waals surface area (Å²) in [4.78, 5) is 10.5. The lowest BCUT2D eigenvalue weighted by molar-refractivity contribution is -0.384. The number of ether oxygens (including phenoxy) is 1. The van der Waals surface area contributed by atoms with Gasteiger partial charge in [0.05, 0.1) is 12.0 Å². The average Bonchev–Trinajstić information content (AvgIpc) is 2.87. The molecule has 104 valence electrons. The van der Waals surface area contributed by atoms with Crippen LogP contribution in [0.5, 0.6) is 5.75 Å². The van der Waals surface area contributed by atoms with Crippen molar-refractivity contribution in [2.45, 2.75) is 32.1 Å². The van der Waals surface area contributed by atoms with Crippen molar-refractivity contribution in [2.75, 3.05) is 13.7 Å². The van der Waals surface area contributed by atoms with E-state index in [4.69, 9.17) is 10.5 Å². The van der Waals surface area contributed by atoms with E-state index in [9.17, 15) is 10.1 Å². The van der Waals surface area contributed by atoms with E-state index < -0.39 is 0 Å². The Kier molecular flexibility index (Phi) is 4.04. The second kappa shape index (κ2) is 5.57. The SMILES string of the molecule is COc1ccc([N+](=O)[O-])cc1CC1(CN)CCCC1. The van der Waals surface area contributed by atoms with E-state index in [1.165, 1.54) is 18.9 Å². The molecule has 0 saturated heterocycles. The largest absolute Gasteiger partial charge is 0.496 e. The molecule has 1 saturated carbocycles. The fourth-order valence-electron chi connectivity index (χ4n) is 3.00. The van der Waals surface area contributed by atoms with Gasteiger partial charge in [-0.15, -0.1) is 0 Å². The van der Waals surface area contributed by atoms with Crippen molar-refractivity contribution >= 4 is 5.69 Å². The monoisotopic (exact) mass is 264 g/mol. The normalized spacial score (nSPS) is 17.4. The molecule has 1 aromatic rings. The highest BCUT2D eigenvalue weighted by atomic mass is 16.6. The topological polar surface area (TPSA) is 78.4 Å². The first kappa shape index (κ1) is 13.8. The molecule has 0 radical (unpaired) electrons. The molecule has 2 N–H and O–H groups in total. The van der Waals surface area contributed by atoms with Crippen LogP contribution in [-0.2, 0) is 6.42 Å². The smallest absolute Gasteiger partial charge is 0.269 e. The lowest BCUT2D eigenvalue weighted by Crippen LogP contribution is -2.29. The molecular weight excluding hydrogens is 244 g/mol. The molecule has 0 bridgehead atoms. The van der Waals surface area contributed by atoms with Crippen molar-refractivity contribution in [3.8, 4) is 5.75 Å². The van der Waals surface area contributed by atoms with Gasteiger partial charge in [0.15, 0.2) is 0 Å². The molecule has 1 aromatic carbocycles. The van der Waals surface area contributed by atoms with Crippen LogP contribution in [0.15, 0.2) is 18.2 Å². The number of hydrogen-bond donors (Lipinski definition) is 1. The standard InChI is InChI=1S/C14H20N2O3/c1-19-13-5-4-12(16(17)18)8-11(13)9-14(10-15)6-2-3-7-14/h4-5,8H,2-3,6-7,9-10,15H2,1H3. The van der Waals surface area contributed by atoms with E-state index in [0.717, 1.165) is 24.8 Å². The summed E-state index contributed by atoms with van der Waals surface area (Å²) in [6.45, 7) is 0.624. The van der Waals surface area contributed by atoms with E-state index in [1.807, 2.05) is 0 Å². The van der Waals surface area contributed by atoms with Crippen LogP contribution >= 0.6 is 0 Å². The Morgan fingerprint density at radius 2 is 2.11 bits per heavy atom. The highest BCUT2D eigenvalue weighted by Gasteiger charge is 2.33. The fourth-order valence-corrected chi connectivity index (χ4v) is 3.00. The lowest BCUT2D eigenvalue weighted by atomic mass is 9.80. The Hall–Kier alpha value is -1.62. The van der Waals surface area contributed by atoms with Crippen LogP contribution < -0.4 is 10.5 Å². The third kappa shape index (κ3) is 2.87. The second-order valence-electron chi connectivity index (χ2n) is 5.34. The molecule has 0 amide bonds. The highest BCUT2D eigenvalue weighted by molar-refractivity contribution is 5.44. The number of nitrogens with two attached hydrogens (primary N) is 1. The molecule has 5 heteroatoms. The van der Waals surface area contributed by atoms with E-state index >= 15 is 0 Å². The van der Waals surface area contributed by atoms with Crippen molar-refractivity contribution in [3.05, 3.63) is 33.9 Å². The highest BCUT2D eigenvalue weighted by Crippen LogP contribution is 2.42. The van der Waals surface area contributed by atoms with Crippen LogP contribution in [0.4, 0.5) is 5.69 Å². The number of rotatable bonds is 5. The lowest BCUT2D eigenvalue weighted by Gasteiger charge is -2.27. The van der Waals surface area contributed by atoms with Crippen LogP contribution in [0, 0.1) is 15.5 Å². The van der Waals surface area contributed by atoms with Gasteiger partial charge in [0, 0.05) is 17.7 Å². The molecule has 5 nitrogen and oxygen atoms in total. The first-order chi connectivity index (χ1) is 9.10. The minimum Gasteiger partial charge on any atom is -0.496 e. The van der Waals surface area contributed by atoms with E-state index in [2.05, 4.69) is 0 Å². The van der Waals surface area contributed by atoms with Gasteiger partial charge in [-0.25, -0.2) is 0 Å². The summed E-state index contributed by atoms with van der Waals surface area (Å²) < 4.78 is 5.32. The van der Waals surface area contributed by atoms with Gasteiger partial charge in [0.1, 0.15) is 5.75 Å². The molecule has 0 spiro atoms. The number of hydrogen-bond acceptors (Lipinski definition) is 4. The van der Waals surface area contributed by atoms with Crippen molar-refractivity contribution in [2.24, 2.45) is 11.1 Å². The summed E-state index contributed by atoms with van der Waals surface area (Å²) in [6, 6.07) is 4.77. The molecule has 0 unspecified atom stereocenters. The number of benzene rings is 1. The van der Waals surface area contributed by atoms with E-state index in [-0.39, 0.29) is 16.0 Å². The molecule has 0 aromatic heterocycles. The first-order valence-corrected chi connectivity index (χ1v) is 6.62. The van der Waals surface area contributed by atoms with Gasteiger partial charge in [-0.3, -0.25) is 10.1 Å². The van der Waals surface area contributed by atoms with Crippen molar-refractivity contribution in [3.63, 3.8) is 0 Å². The molecule has 1 fully saturated rings. The van der Waals surface area contributed by atoms with Crippen molar-refractivity contribution in [1.29, 1.82) is 0 Å². The van der Waals surface area contributed by atoms with E-state index in [0.29, 0.717) is 12.3 Å². The zero-order valence-corrected chi connectivity index (χ0v) is 11.2. The van der Waals surface area contributed by atoms with Crippen LogP contribution in [0.3, 0.4) is 0 Å². The molecule has 1 aliphatic carbocycles. The molecule has 1 aliphatic rings. The zero-order valence-electron chi connectivity index (χ0n) is 11.2. The van der Waals surface area contributed by atoms with Crippen LogP contribution in [0.1, 0.15) is 31.2 Å². The van der Waals surface area contributed by atoms with Crippen LogP contribution in [0.2, 0.25) is 0 Å². The third-order valence-corrected chi connectivity index (χ3v) is 4.14. The van der Waals surface area contributed by atoms with Crippen molar-refractivity contribution in [1.82, 2.24) is 0 Å². The number of nitrogens with zero attached hydrogens (tertiary/aromatic N) is 1. The first-order valence-electron chi connectivity index (χ1n) is 6.62. The van der Waals surface area contributed by atoms with Gasteiger partial charge >= 0.3 is 0 Å². The van der Waals surface area contributed by atoms with Gasteiger partial charge in [-0.05, 0) is 37.3 Å². The van der Waals surface area contributed by atoms with Gasteiger partial charge < -0.3 is 10.5 Å². The molecular formula is C14H20N2O3. The summed E-state index contributed by atoms with van der Waals surface area (Å²) in [5.74, 6) is 0.713. The molecule has 0 aliphatic heterocycles. The van der Waals surface area contributed by atoms with Crippen LogP contribution in [0.25, 0.3) is 0 Å². The summed E-state index contributed by atoms with van der Waals surface area (Å²) in [5.41, 5.74) is 7.02. The average molecular weight is 264 g/mol. The summed E-state index contributed by atoms with van der Waals surface area (Å²) in [5, 5.41) is 10.9. The summed E-state index contributed by atoms with van der Waals surface area (Å²) >= 11 is 0. The zero-order chi connectivity index (χ0) is 13.9. The minimum absolute atomic E-state index is 0.0858. The number of non-ortho nitro benzene ring substituents is 1. The second-order valence-corrected chi connectivity index (χ2v) is 5.34. The Morgan fingerprint density at radius 1 is 1.42 bits per heavy atom. The van der Waals surface area contributed by atoms with Gasteiger partial charge in [-0.2, -0.15) is 0 Å². The maximum absolute atomic E-state index is 10.9. The summed E-state index contributed by atoms with van der Waals surface area (Å²) in [7, 11) is 1.59. The van der Waals surface area contributed by atoms with Gasteiger partial charge in [0.25, 0.3) is 5.69 Å². The Labute approximate surface area is 112 Å². The molecule has 19 heavy (non-hydrogen) atoms. The predicted octanol–water partition coefficient (Wildman–Crippen LogP) is 2.67. The number of methoxy groups -OCH3 is 1. The third-order valence-electron chi connectivity index (χ3n) is 4.14. The van der Waals surface area contributed by atoms with Gasteiger partial charge in [-0.1, -0.05) is 12.8 Å². The van der Waals surface area contributed by atoms with E-state index in [1.54, 1.807) is 19.2 Å². The number of nitro benzene ring substituents is 1.